The molecule has 0 aliphatic carbocycles. The van der Waals surface area contributed by atoms with Crippen LogP contribution in [0.1, 0.15) is 12.8 Å². The van der Waals surface area contributed by atoms with Gasteiger partial charge in [-0.2, -0.15) is 0 Å². The molecule has 2 heterocycles. The fourth-order valence-corrected chi connectivity index (χ4v) is 2.36. The molecule has 1 atom stereocenters. The highest BCUT2D eigenvalue weighted by Gasteiger charge is 2.22. The van der Waals surface area contributed by atoms with Crippen molar-refractivity contribution >= 4 is 0 Å². The molecule has 18 heavy (non-hydrogen) atoms. The fraction of sp³-hybridized carbons (Fsp3) is 0.571. The average Bonchev–Trinajstić information content (AvgIpc) is 2.46. The first-order valence-corrected chi connectivity index (χ1v) is 6.61. The molecule has 0 radical (unpaired) electrons. The molecule has 0 aromatic heterocycles. The van der Waals surface area contributed by atoms with Crippen molar-refractivity contribution in [2.75, 3.05) is 26.4 Å². The van der Waals surface area contributed by atoms with Gasteiger partial charge in [-0.05, 0) is 25.0 Å². The number of hydrogen-bond acceptors (Lipinski definition) is 4. The zero-order valence-corrected chi connectivity index (χ0v) is 10.4. The highest BCUT2D eigenvalue weighted by molar-refractivity contribution is 5.40. The lowest BCUT2D eigenvalue weighted by Crippen LogP contribution is -2.44. The van der Waals surface area contributed by atoms with E-state index < -0.39 is 0 Å². The largest absolute Gasteiger partial charge is 0.486 e. The van der Waals surface area contributed by atoms with E-state index in [1.807, 2.05) is 24.3 Å². The summed E-state index contributed by atoms with van der Waals surface area (Å²) < 4.78 is 16.9. The Morgan fingerprint density at radius 1 is 1.11 bits per heavy atom. The Balaban J connectivity index is 1.50. The molecule has 1 aromatic rings. The van der Waals surface area contributed by atoms with Crippen molar-refractivity contribution in [3.05, 3.63) is 24.3 Å². The first-order valence-electron chi connectivity index (χ1n) is 6.61. The zero-order valence-electron chi connectivity index (χ0n) is 10.4. The number of hydrogen-bond donors (Lipinski definition) is 1. The quantitative estimate of drug-likeness (QED) is 0.883. The fourth-order valence-electron chi connectivity index (χ4n) is 2.36. The number of benzene rings is 1. The second-order valence-electron chi connectivity index (χ2n) is 4.79. The molecule has 3 rings (SSSR count). The Labute approximate surface area is 107 Å². The summed E-state index contributed by atoms with van der Waals surface area (Å²) in [5.41, 5.74) is 0. The summed E-state index contributed by atoms with van der Waals surface area (Å²) in [7, 11) is 0. The molecule has 2 aliphatic rings. The minimum Gasteiger partial charge on any atom is -0.486 e. The van der Waals surface area contributed by atoms with Crippen LogP contribution in [0.25, 0.3) is 0 Å². The molecule has 1 unspecified atom stereocenters. The van der Waals surface area contributed by atoms with Crippen molar-refractivity contribution in [2.24, 2.45) is 0 Å². The predicted molar refractivity (Wildman–Crippen MR) is 68.2 cm³/mol. The van der Waals surface area contributed by atoms with Crippen molar-refractivity contribution in [2.45, 2.75) is 25.0 Å². The molecule has 1 aromatic carbocycles. The summed E-state index contributed by atoms with van der Waals surface area (Å²) in [6.07, 6.45) is 2.27. The van der Waals surface area contributed by atoms with Crippen LogP contribution in [0.5, 0.6) is 11.5 Å². The Hall–Kier alpha value is -1.26. The summed E-state index contributed by atoms with van der Waals surface area (Å²) in [6.45, 7) is 3.18. The molecule has 2 aliphatic heterocycles. The van der Waals surface area contributed by atoms with E-state index in [1.165, 1.54) is 0 Å². The van der Waals surface area contributed by atoms with Crippen LogP contribution in [0.4, 0.5) is 0 Å². The van der Waals surface area contributed by atoms with Gasteiger partial charge in [0.2, 0.25) is 0 Å². The van der Waals surface area contributed by atoms with Gasteiger partial charge in [-0.1, -0.05) is 12.1 Å². The lowest BCUT2D eigenvalue weighted by Gasteiger charge is -2.29. The minimum atomic E-state index is 0.0998. The van der Waals surface area contributed by atoms with E-state index in [9.17, 15) is 0 Å². The number of para-hydroxylation sites is 2. The molecule has 0 bridgehead atoms. The highest BCUT2D eigenvalue weighted by atomic mass is 16.6. The number of rotatable bonds is 3. The van der Waals surface area contributed by atoms with E-state index >= 15 is 0 Å². The number of fused-ring (bicyclic) bond motifs is 1. The Morgan fingerprint density at radius 3 is 2.72 bits per heavy atom. The zero-order chi connectivity index (χ0) is 12.2. The molecule has 4 heteroatoms. The summed E-state index contributed by atoms with van der Waals surface area (Å²) in [5, 5.41) is 3.54. The van der Waals surface area contributed by atoms with Gasteiger partial charge >= 0.3 is 0 Å². The number of nitrogens with one attached hydrogen (secondary N) is 1. The first kappa shape index (κ1) is 11.8. The second kappa shape index (κ2) is 5.59. The molecular weight excluding hydrogens is 230 g/mol. The molecule has 1 N–H and O–H groups in total. The van der Waals surface area contributed by atoms with Crippen molar-refractivity contribution in [3.8, 4) is 11.5 Å². The summed E-state index contributed by atoms with van der Waals surface area (Å²) in [6, 6.07) is 8.38. The van der Waals surface area contributed by atoms with Gasteiger partial charge in [0.25, 0.3) is 0 Å². The SMILES string of the molecule is c1ccc2c(c1)OCC(CNC1CCOCC1)O2. The van der Waals surface area contributed by atoms with Crippen molar-refractivity contribution in [3.63, 3.8) is 0 Å². The molecule has 98 valence electrons. The van der Waals surface area contributed by atoms with Crippen LogP contribution in [0.2, 0.25) is 0 Å². The van der Waals surface area contributed by atoms with Gasteiger partial charge in [0.15, 0.2) is 11.5 Å². The van der Waals surface area contributed by atoms with Gasteiger partial charge in [0, 0.05) is 25.8 Å². The normalized spacial score (nSPS) is 23.9. The van der Waals surface area contributed by atoms with Crippen LogP contribution in [0, 0.1) is 0 Å². The maximum Gasteiger partial charge on any atom is 0.161 e. The van der Waals surface area contributed by atoms with Gasteiger partial charge in [-0.3, -0.25) is 0 Å². The number of ether oxygens (including phenoxy) is 3. The van der Waals surface area contributed by atoms with Crippen LogP contribution in [0.15, 0.2) is 24.3 Å². The van der Waals surface area contributed by atoms with Crippen LogP contribution in [-0.4, -0.2) is 38.5 Å². The van der Waals surface area contributed by atoms with Crippen molar-refractivity contribution in [1.82, 2.24) is 5.32 Å². The van der Waals surface area contributed by atoms with E-state index in [-0.39, 0.29) is 6.10 Å². The lowest BCUT2D eigenvalue weighted by atomic mass is 10.1. The van der Waals surface area contributed by atoms with Crippen LogP contribution in [-0.2, 0) is 4.74 Å². The standard InChI is InChI=1S/C14H19NO3/c1-2-4-14-13(3-1)17-10-12(18-14)9-15-11-5-7-16-8-6-11/h1-4,11-12,15H,5-10H2. The molecule has 1 saturated heterocycles. The first-order chi connectivity index (χ1) is 8.92. The van der Waals surface area contributed by atoms with E-state index in [0.717, 1.165) is 44.1 Å². The van der Waals surface area contributed by atoms with Gasteiger partial charge in [-0.15, -0.1) is 0 Å². The van der Waals surface area contributed by atoms with Crippen molar-refractivity contribution in [1.29, 1.82) is 0 Å². The van der Waals surface area contributed by atoms with E-state index in [0.29, 0.717) is 12.6 Å². The average molecular weight is 249 g/mol. The molecular formula is C14H19NO3. The molecule has 4 nitrogen and oxygen atoms in total. The third kappa shape index (κ3) is 2.76. The Kier molecular flexibility index (Phi) is 3.67. The van der Waals surface area contributed by atoms with Gasteiger partial charge < -0.3 is 19.5 Å². The van der Waals surface area contributed by atoms with E-state index in [2.05, 4.69) is 5.32 Å². The summed E-state index contributed by atoms with van der Waals surface area (Å²) >= 11 is 0. The topological polar surface area (TPSA) is 39.7 Å². The minimum absolute atomic E-state index is 0.0998. The maximum absolute atomic E-state index is 5.90. The van der Waals surface area contributed by atoms with Crippen LogP contribution in [0.3, 0.4) is 0 Å². The van der Waals surface area contributed by atoms with Crippen LogP contribution < -0.4 is 14.8 Å². The lowest BCUT2D eigenvalue weighted by molar-refractivity contribution is 0.0621. The Bertz CT molecular complexity index is 390. The smallest absolute Gasteiger partial charge is 0.161 e. The van der Waals surface area contributed by atoms with E-state index in [1.54, 1.807) is 0 Å². The molecule has 0 saturated carbocycles. The van der Waals surface area contributed by atoms with Gasteiger partial charge in [-0.25, -0.2) is 0 Å². The summed E-state index contributed by atoms with van der Waals surface area (Å²) in [4.78, 5) is 0. The third-order valence-electron chi connectivity index (χ3n) is 3.42. The van der Waals surface area contributed by atoms with Crippen molar-refractivity contribution < 1.29 is 14.2 Å². The molecule has 1 fully saturated rings. The predicted octanol–water partition coefficient (Wildman–Crippen LogP) is 1.59. The maximum atomic E-state index is 5.90. The monoisotopic (exact) mass is 249 g/mol. The van der Waals surface area contributed by atoms with Gasteiger partial charge in [0.1, 0.15) is 12.7 Å². The Morgan fingerprint density at radius 2 is 1.89 bits per heavy atom. The highest BCUT2D eigenvalue weighted by Crippen LogP contribution is 2.30. The second-order valence-corrected chi connectivity index (χ2v) is 4.79. The van der Waals surface area contributed by atoms with Crippen LogP contribution >= 0.6 is 0 Å². The summed E-state index contributed by atoms with van der Waals surface area (Å²) in [5.74, 6) is 1.70. The third-order valence-corrected chi connectivity index (χ3v) is 3.42. The van der Waals surface area contributed by atoms with E-state index in [4.69, 9.17) is 14.2 Å². The molecule has 0 amide bonds. The van der Waals surface area contributed by atoms with Gasteiger partial charge in [0.05, 0.1) is 0 Å². The molecule has 0 spiro atoms.